The van der Waals surface area contributed by atoms with E-state index in [1.807, 2.05) is 30.3 Å². The summed E-state index contributed by atoms with van der Waals surface area (Å²) in [4.78, 5) is 18.5. The Morgan fingerprint density at radius 2 is 1.88 bits per heavy atom. The van der Waals surface area contributed by atoms with Crippen LogP contribution >= 0.6 is 11.6 Å². The van der Waals surface area contributed by atoms with Crippen LogP contribution in [0.4, 0.5) is 14.6 Å². The predicted molar refractivity (Wildman–Crippen MR) is 156 cm³/mol. The zero-order valence-electron chi connectivity index (χ0n) is 22.6. The normalized spacial score (nSPS) is 27.7. The van der Waals surface area contributed by atoms with Crippen molar-refractivity contribution in [1.29, 1.82) is 0 Å². The van der Waals surface area contributed by atoms with Crippen LogP contribution in [-0.4, -0.2) is 76.4 Å². The predicted octanol–water partition coefficient (Wildman–Crippen LogP) is 5.53. The number of benzene rings is 2. The van der Waals surface area contributed by atoms with Crippen LogP contribution in [0.3, 0.4) is 0 Å². The average Bonchev–Trinajstić information content (AvgIpc) is 3.62. The van der Waals surface area contributed by atoms with Crippen LogP contribution in [0.2, 0.25) is 5.02 Å². The number of alkyl halides is 1. The number of nitrogens with one attached hydrogen (secondary N) is 1. The molecule has 0 amide bonds. The first-order valence-electron chi connectivity index (χ1n) is 14.5. The van der Waals surface area contributed by atoms with Crippen LogP contribution in [0, 0.1) is 5.82 Å². The second-order valence-electron chi connectivity index (χ2n) is 12.1. The molecule has 4 aliphatic rings. The maximum absolute atomic E-state index is 16.6. The summed E-state index contributed by atoms with van der Waals surface area (Å²) in [6.07, 6.45) is 5.36. The molecule has 0 spiro atoms. The van der Waals surface area contributed by atoms with E-state index in [4.69, 9.17) is 21.3 Å². The molecule has 2 bridgehead atoms. The van der Waals surface area contributed by atoms with Gasteiger partial charge in [0.15, 0.2) is 5.82 Å². The Morgan fingerprint density at radius 3 is 2.71 bits per heavy atom. The number of piperazine rings is 1. The fourth-order valence-electron chi connectivity index (χ4n) is 7.63. The molecule has 212 valence electrons. The van der Waals surface area contributed by atoms with Crippen molar-refractivity contribution in [2.24, 2.45) is 0 Å². The van der Waals surface area contributed by atoms with Gasteiger partial charge in [-0.15, -0.1) is 0 Å². The summed E-state index contributed by atoms with van der Waals surface area (Å²) >= 11 is 6.59. The van der Waals surface area contributed by atoms with Crippen LogP contribution < -0.4 is 15.0 Å². The van der Waals surface area contributed by atoms with E-state index >= 15 is 4.39 Å². The van der Waals surface area contributed by atoms with Crippen molar-refractivity contribution in [3.8, 4) is 17.3 Å². The Kier molecular flexibility index (Phi) is 6.05. The van der Waals surface area contributed by atoms with Gasteiger partial charge in [0.25, 0.3) is 0 Å². The molecule has 1 N–H and O–H groups in total. The summed E-state index contributed by atoms with van der Waals surface area (Å²) in [5, 5.41) is 6.38. The van der Waals surface area contributed by atoms with Gasteiger partial charge in [-0.25, -0.2) is 8.78 Å². The molecule has 8 rings (SSSR count). The molecule has 4 atom stereocenters. The number of fused-ring (bicyclic) bond motifs is 5. The Bertz CT molecular complexity index is 1650. The van der Waals surface area contributed by atoms with Gasteiger partial charge in [-0.05, 0) is 43.7 Å². The van der Waals surface area contributed by atoms with Gasteiger partial charge in [0.2, 0.25) is 0 Å². The lowest BCUT2D eigenvalue weighted by Gasteiger charge is -2.34. The largest absolute Gasteiger partial charge is 0.461 e. The number of ether oxygens (including phenoxy) is 1. The lowest BCUT2D eigenvalue weighted by Crippen LogP contribution is -2.51. The molecule has 2 aromatic heterocycles. The maximum atomic E-state index is 16.6. The smallest absolute Gasteiger partial charge is 0.319 e. The van der Waals surface area contributed by atoms with E-state index in [0.717, 1.165) is 56.1 Å². The van der Waals surface area contributed by atoms with Crippen LogP contribution in [0.1, 0.15) is 32.1 Å². The summed E-state index contributed by atoms with van der Waals surface area (Å²) in [5.41, 5.74) is 0.605. The Labute approximate surface area is 241 Å². The molecule has 0 radical (unpaired) electrons. The molecule has 0 aliphatic carbocycles. The van der Waals surface area contributed by atoms with E-state index < -0.39 is 12.0 Å². The average molecular weight is 577 g/mol. The highest BCUT2D eigenvalue weighted by molar-refractivity contribution is 6.36. The van der Waals surface area contributed by atoms with E-state index in [1.54, 1.807) is 12.3 Å². The summed E-state index contributed by atoms with van der Waals surface area (Å²) in [5.74, 6) is 0.0970. The van der Waals surface area contributed by atoms with Gasteiger partial charge in [-0.3, -0.25) is 9.88 Å². The highest BCUT2D eigenvalue weighted by Crippen LogP contribution is 2.41. The van der Waals surface area contributed by atoms with Crippen molar-refractivity contribution in [1.82, 2.24) is 25.2 Å². The van der Waals surface area contributed by atoms with Gasteiger partial charge >= 0.3 is 6.01 Å². The van der Waals surface area contributed by atoms with Crippen LogP contribution in [0.5, 0.6) is 6.01 Å². The van der Waals surface area contributed by atoms with Crippen molar-refractivity contribution < 1.29 is 13.5 Å². The Hall–Kier alpha value is -3.14. The maximum Gasteiger partial charge on any atom is 0.319 e. The van der Waals surface area contributed by atoms with Gasteiger partial charge < -0.3 is 15.0 Å². The topological polar surface area (TPSA) is 66.4 Å². The number of hydrogen-bond donors (Lipinski definition) is 1. The third kappa shape index (κ3) is 4.23. The summed E-state index contributed by atoms with van der Waals surface area (Å²) in [6, 6.07) is 12.1. The zero-order valence-corrected chi connectivity index (χ0v) is 23.4. The number of rotatable bonds is 5. The Morgan fingerprint density at radius 1 is 1.07 bits per heavy atom. The highest BCUT2D eigenvalue weighted by Gasteiger charge is 2.49. The molecule has 6 heterocycles. The third-order valence-electron chi connectivity index (χ3n) is 9.50. The number of halogens is 3. The Balaban J connectivity index is 1.25. The molecule has 41 heavy (non-hydrogen) atoms. The minimum Gasteiger partial charge on any atom is -0.461 e. The summed E-state index contributed by atoms with van der Waals surface area (Å²) < 4.78 is 37.2. The van der Waals surface area contributed by atoms with Crippen LogP contribution in [0.15, 0.2) is 42.6 Å². The molecular formula is C31H31ClF2N6O. The van der Waals surface area contributed by atoms with E-state index in [2.05, 4.69) is 25.1 Å². The first kappa shape index (κ1) is 25.6. The number of hydrogen-bond acceptors (Lipinski definition) is 7. The van der Waals surface area contributed by atoms with Gasteiger partial charge in [0, 0.05) is 60.3 Å². The first-order chi connectivity index (χ1) is 20.0. The molecule has 4 saturated heterocycles. The lowest BCUT2D eigenvalue weighted by atomic mass is 9.95. The van der Waals surface area contributed by atoms with Crippen molar-refractivity contribution in [3.63, 3.8) is 0 Å². The molecule has 4 aromatic rings. The molecule has 0 saturated carbocycles. The van der Waals surface area contributed by atoms with E-state index in [9.17, 15) is 4.39 Å². The number of aromatic nitrogens is 3. The van der Waals surface area contributed by atoms with Crippen LogP contribution in [-0.2, 0) is 0 Å². The van der Waals surface area contributed by atoms with E-state index in [0.29, 0.717) is 46.8 Å². The van der Waals surface area contributed by atoms with E-state index in [1.165, 1.54) is 0 Å². The second-order valence-corrected chi connectivity index (χ2v) is 12.5. The van der Waals surface area contributed by atoms with Crippen molar-refractivity contribution in [2.45, 2.75) is 55.9 Å². The fraction of sp³-hybridized carbons (Fsp3) is 0.452. The van der Waals surface area contributed by atoms with Gasteiger partial charge in [0.1, 0.15) is 29.8 Å². The molecule has 4 aliphatic heterocycles. The van der Waals surface area contributed by atoms with Crippen molar-refractivity contribution >= 4 is 39.1 Å². The minimum atomic E-state index is -0.859. The summed E-state index contributed by atoms with van der Waals surface area (Å²) in [7, 11) is 0. The second kappa shape index (κ2) is 9.71. The number of anilines is 1. The third-order valence-corrected chi connectivity index (χ3v) is 9.81. The van der Waals surface area contributed by atoms with E-state index in [-0.39, 0.29) is 29.4 Å². The van der Waals surface area contributed by atoms with Crippen molar-refractivity contribution in [2.75, 3.05) is 37.7 Å². The fourth-order valence-corrected chi connectivity index (χ4v) is 7.91. The molecule has 7 nitrogen and oxygen atoms in total. The summed E-state index contributed by atoms with van der Waals surface area (Å²) in [6.45, 7) is 3.13. The molecule has 2 unspecified atom stereocenters. The molecular weight excluding hydrogens is 546 g/mol. The molecule has 4 fully saturated rings. The number of pyridine rings is 1. The van der Waals surface area contributed by atoms with Crippen LogP contribution in [0.25, 0.3) is 32.9 Å². The minimum absolute atomic E-state index is 0.119. The van der Waals surface area contributed by atoms with Gasteiger partial charge in [0.05, 0.1) is 10.9 Å². The monoisotopic (exact) mass is 576 g/mol. The standard InChI is InChI=1S/C31H31ClF2N6O/c32-24-7-2-5-18-4-1-6-22(25(18)24)27-26(34)28-23(13-35-27)29(39-15-20-8-9-21(16-39)36-20)38-30(37-28)41-17-31-10-3-11-40(31)14-19(33)12-31/h1-2,4-7,13,19-21,36H,3,8-12,14-17H2/t19-,20?,21?,31+/m1/s1. The zero-order chi connectivity index (χ0) is 27.7. The highest BCUT2D eigenvalue weighted by atomic mass is 35.5. The number of nitrogens with zero attached hydrogens (tertiary/aromatic N) is 5. The first-order valence-corrected chi connectivity index (χ1v) is 14.9. The SMILES string of the molecule is Fc1c(-c2cccc3cccc(Cl)c23)ncc2c(N3CC4CCC(C3)N4)nc(OC[C@@]34CCCN3C[C@H](F)C4)nc12. The quantitative estimate of drug-likeness (QED) is 0.335. The molecule has 2 aromatic carbocycles. The van der Waals surface area contributed by atoms with Crippen molar-refractivity contribution in [3.05, 3.63) is 53.4 Å². The van der Waals surface area contributed by atoms with Gasteiger partial charge in [-0.1, -0.05) is 41.9 Å². The van der Waals surface area contributed by atoms with Gasteiger partial charge in [-0.2, -0.15) is 9.97 Å². The molecule has 10 heteroatoms. The lowest BCUT2D eigenvalue weighted by molar-refractivity contribution is 0.107.